The first-order valence-electron chi connectivity index (χ1n) is 8.76. The predicted octanol–water partition coefficient (Wildman–Crippen LogP) is 2.44. The highest BCUT2D eigenvalue weighted by Crippen LogP contribution is 2.23. The van der Waals surface area contributed by atoms with E-state index in [2.05, 4.69) is 48.5 Å². The molecular weight excluding hydrogens is 435 g/mol. The zero-order valence-electron chi connectivity index (χ0n) is 16.2. The molecule has 0 amide bonds. The molecule has 3 atom stereocenters. The molecule has 3 unspecified atom stereocenters. The van der Waals surface area contributed by atoms with Crippen LogP contribution in [0.1, 0.15) is 46.5 Å². The zero-order chi connectivity index (χ0) is 17.5. The minimum atomic E-state index is -0.681. The molecule has 2 N–H and O–H groups in total. The summed E-state index contributed by atoms with van der Waals surface area (Å²) in [7, 11) is 5.34. The van der Waals surface area contributed by atoms with Crippen LogP contribution in [0.3, 0.4) is 0 Å². The monoisotopic (exact) mass is 472 g/mol. The number of nitrogens with zero attached hydrogens (tertiary/aromatic N) is 2. The van der Waals surface area contributed by atoms with Gasteiger partial charge < -0.3 is 15.5 Å². The summed E-state index contributed by atoms with van der Waals surface area (Å²) in [4.78, 5) is 6.57. The third kappa shape index (κ3) is 8.99. The molecule has 0 aliphatic heterocycles. The Morgan fingerprint density at radius 2 is 2.00 bits per heavy atom. The first kappa shape index (κ1) is 24.1. The molecule has 1 fully saturated rings. The van der Waals surface area contributed by atoms with Gasteiger partial charge in [0, 0.05) is 48.0 Å². The molecule has 0 aromatic rings. The number of aliphatic imine (C=N–C) groups is 1. The van der Waals surface area contributed by atoms with E-state index in [9.17, 15) is 4.21 Å². The molecule has 1 aliphatic carbocycles. The summed E-state index contributed by atoms with van der Waals surface area (Å²) in [6.45, 7) is 8.43. The maximum Gasteiger partial charge on any atom is 0.191 e. The summed E-state index contributed by atoms with van der Waals surface area (Å²) in [6, 6.07) is 0.382. The highest BCUT2D eigenvalue weighted by atomic mass is 127. The topological polar surface area (TPSA) is 56.7 Å². The fourth-order valence-electron chi connectivity index (χ4n) is 3.37. The van der Waals surface area contributed by atoms with Gasteiger partial charge in [-0.2, -0.15) is 0 Å². The number of guanidine groups is 1. The van der Waals surface area contributed by atoms with Crippen molar-refractivity contribution in [1.29, 1.82) is 0 Å². The minimum Gasteiger partial charge on any atom is -0.356 e. The van der Waals surface area contributed by atoms with Crippen molar-refractivity contribution in [2.75, 3.05) is 40.0 Å². The van der Waals surface area contributed by atoms with Gasteiger partial charge in [-0.1, -0.05) is 27.2 Å². The highest BCUT2D eigenvalue weighted by molar-refractivity contribution is 14.0. The lowest BCUT2D eigenvalue weighted by Gasteiger charge is -2.32. The lowest BCUT2D eigenvalue weighted by molar-refractivity contribution is 0.240. The first-order chi connectivity index (χ1) is 10.8. The molecule has 24 heavy (non-hydrogen) atoms. The Bertz CT molecular complexity index is 415. The maximum atomic E-state index is 12.1. The summed E-state index contributed by atoms with van der Waals surface area (Å²) in [5, 5.41) is 7.33. The summed E-state index contributed by atoms with van der Waals surface area (Å²) >= 11 is 0. The molecule has 0 aromatic carbocycles. The molecule has 5 nitrogen and oxygen atoms in total. The van der Waals surface area contributed by atoms with Crippen LogP contribution in [0, 0.1) is 5.41 Å². The van der Waals surface area contributed by atoms with Gasteiger partial charge in [-0.05, 0) is 38.8 Å². The van der Waals surface area contributed by atoms with Crippen molar-refractivity contribution < 1.29 is 4.21 Å². The minimum absolute atomic E-state index is 0. The highest BCUT2D eigenvalue weighted by Gasteiger charge is 2.26. The number of rotatable bonds is 7. The fraction of sp³-hybridized carbons (Fsp3) is 0.941. The van der Waals surface area contributed by atoms with Crippen LogP contribution in [0.2, 0.25) is 0 Å². The molecular formula is C17H37IN4OS. The van der Waals surface area contributed by atoms with Crippen molar-refractivity contribution in [3.63, 3.8) is 0 Å². The standard InChI is InChI=1S/C17H36N4OS.HI/c1-7-23(22)15-10-8-9-14(11-15)20-16(18-4)19-12-17(2,3)13-21(5)6;/h14-15H,7-13H2,1-6H3,(H2,18,19,20);1H. The molecule has 0 spiro atoms. The predicted molar refractivity (Wildman–Crippen MR) is 117 cm³/mol. The normalized spacial score (nSPS) is 23.5. The van der Waals surface area contributed by atoms with Crippen molar-refractivity contribution in [3.8, 4) is 0 Å². The smallest absolute Gasteiger partial charge is 0.191 e. The van der Waals surface area contributed by atoms with Crippen molar-refractivity contribution in [2.24, 2.45) is 10.4 Å². The first-order valence-corrected chi connectivity index (χ1v) is 10.1. The van der Waals surface area contributed by atoms with Gasteiger partial charge in [-0.3, -0.25) is 9.20 Å². The molecule has 1 rings (SSSR count). The Hall–Kier alpha value is 0.110. The number of nitrogens with one attached hydrogen (secondary N) is 2. The van der Waals surface area contributed by atoms with E-state index in [-0.39, 0.29) is 29.4 Å². The van der Waals surface area contributed by atoms with Crippen molar-refractivity contribution >= 4 is 40.7 Å². The van der Waals surface area contributed by atoms with E-state index in [1.165, 1.54) is 0 Å². The number of hydrogen-bond acceptors (Lipinski definition) is 3. The van der Waals surface area contributed by atoms with Crippen molar-refractivity contribution in [3.05, 3.63) is 0 Å². The maximum absolute atomic E-state index is 12.1. The van der Waals surface area contributed by atoms with E-state index >= 15 is 0 Å². The van der Waals surface area contributed by atoms with Crippen LogP contribution in [0.5, 0.6) is 0 Å². The van der Waals surface area contributed by atoms with Gasteiger partial charge in [-0.15, -0.1) is 24.0 Å². The molecule has 0 saturated heterocycles. The van der Waals surface area contributed by atoms with Crippen LogP contribution in [0.4, 0.5) is 0 Å². The quantitative estimate of drug-likeness (QED) is 0.340. The molecule has 0 radical (unpaired) electrons. The number of halogens is 1. The van der Waals surface area contributed by atoms with Crippen LogP contribution in [-0.4, -0.2) is 66.3 Å². The van der Waals surface area contributed by atoms with Gasteiger partial charge in [0.25, 0.3) is 0 Å². The van der Waals surface area contributed by atoms with Crippen LogP contribution in [0.15, 0.2) is 4.99 Å². The third-order valence-electron chi connectivity index (χ3n) is 4.33. The molecule has 1 aliphatic rings. The molecule has 144 valence electrons. The van der Waals surface area contributed by atoms with Crippen molar-refractivity contribution in [2.45, 2.75) is 57.7 Å². The largest absolute Gasteiger partial charge is 0.356 e. The third-order valence-corrected chi connectivity index (χ3v) is 6.07. The summed E-state index contributed by atoms with van der Waals surface area (Å²) in [5.74, 6) is 1.63. The SMILES string of the molecule is CCS(=O)C1CCCC(NC(=NC)NCC(C)(C)CN(C)C)C1.I. The van der Waals surface area contributed by atoms with Crippen LogP contribution < -0.4 is 10.6 Å². The Kier molecular flexibility index (Phi) is 11.7. The average molecular weight is 472 g/mol. The van der Waals surface area contributed by atoms with Crippen LogP contribution in [-0.2, 0) is 10.8 Å². The molecule has 7 heteroatoms. The van der Waals surface area contributed by atoms with Crippen LogP contribution in [0.25, 0.3) is 0 Å². The molecule has 0 bridgehead atoms. The van der Waals surface area contributed by atoms with Gasteiger partial charge in [0.15, 0.2) is 5.96 Å². The Morgan fingerprint density at radius 3 is 2.54 bits per heavy atom. The van der Waals surface area contributed by atoms with Gasteiger partial charge in [-0.25, -0.2) is 0 Å². The van der Waals surface area contributed by atoms with Crippen molar-refractivity contribution in [1.82, 2.24) is 15.5 Å². The number of hydrogen-bond donors (Lipinski definition) is 2. The summed E-state index contributed by atoms with van der Waals surface area (Å²) in [5.41, 5.74) is 0.180. The van der Waals surface area contributed by atoms with E-state index < -0.39 is 10.8 Å². The van der Waals surface area contributed by atoms with Gasteiger partial charge in [0.1, 0.15) is 0 Å². The second-order valence-electron chi connectivity index (χ2n) is 7.63. The second-order valence-corrected chi connectivity index (χ2v) is 9.63. The van der Waals surface area contributed by atoms with Gasteiger partial charge in [0.05, 0.1) is 0 Å². The summed E-state index contributed by atoms with van der Waals surface area (Å²) in [6.07, 6.45) is 4.37. The Morgan fingerprint density at radius 1 is 1.33 bits per heavy atom. The average Bonchev–Trinajstić information content (AvgIpc) is 2.49. The zero-order valence-corrected chi connectivity index (χ0v) is 19.4. The van der Waals surface area contributed by atoms with Crippen LogP contribution >= 0.6 is 24.0 Å². The molecule has 0 heterocycles. The van der Waals surface area contributed by atoms with E-state index in [1.807, 2.05) is 14.0 Å². The van der Waals surface area contributed by atoms with E-state index in [0.717, 1.165) is 50.5 Å². The Balaban J connectivity index is 0.00000529. The van der Waals surface area contributed by atoms with Gasteiger partial charge in [0.2, 0.25) is 0 Å². The second kappa shape index (κ2) is 11.7. The Labute approximate surface area is 168 Å². The summed E-state index contributed by atoms with van der Waals surface area (Å²) < 4.78 is 12.1. The lowest BCUT2D eigenvalue weighted by atomic mass is 9.93. The van der Waals surface area contributed by atoms with E-state index in [0.29, 0.717) is 11.3 Å². The molecule has 0 aromatic heterocycles. The lowest BCUT2D eigenvalue weighted by Crippen LogP contribution is -2.49. The fourth-order valence-corrected chi connectivity index (χ4v) is 4.72. The van der Waals surface area contributed by atoms with E-state index in [4.69, 9.17) is 0 Å². The molecule has 1 saturated carbocycles. The van der Waals surface area contributed by atoms with Gasteiger partial charge >= 0.3 is 0 Å². The van der Waals surface area contributed by atoms with E-state index in [1.54, 1.807) is 0 Å².